The summed E-state index contributed by atoms with van der Waals surface area (Å²) in [5.74, 6) is 0.792. The molecule has 2 N–H and O–H groups in total. The Kier molecular flexibility index (Phi) is 5.73. The van der Waals surface area contributed by atoms with Gasteiger partial charge in [0.25, 0.3) is 0 Å². The molecule has 4 heteroatoms. The molecule has 1 amide bonds. The van der Waals surface area contributed by atoms with Crippen molar-refractivity contribution in [3.05, 3.63) is 35.9 Å². The summed E-state index contributed by atoms with van der Waals surface area (Å²) in [5.41, 5.74) is 3.16. The third-order valence-corrected chi connectivity index (χ3v) is 5.15. The van der Waals surface area contributed by atoms with Crippen molar-refractivity contribution in [2.24, 2.45) is 5.92 Å². The van der Waals surface area contributed by atoms with Crippen molar-refractivity contribution < 1.29 is 10.0 Å². The van der Waals surface area contributed by atoms with Crippen molar-refractivity contribution >= 4 is 17.7 Å². The normalized spacial score (nSPS) is 23.0. The molecular weight excluding hydrogens is 258 g/mol. The summed E-state index contributed by atoms with van der Waals surface area (Å²) < 4.78 is 0. The molecule has 1 aliphatic carbocycles. The molecule has 1 aliphatic rings. The van der Waals surface area contributed by atoms with Gasteiger partial charge in [-0.2, -0.15) is 11.8 Å². The van der Waals surface area contributed by atoms with E-state index < -0.39 is 0 Å². The number of hydrogen-bond donors (Lipinski definition) is 2. The van der Waals surface area contributed by atoms with E-state index in [1.54, 1.807) is 0 Å². The van der Waals surface area contributed by atoms with Crippen LogP contribution in [0, 0.1) is 5.92 Å². The predicted octanol–water partition coefficient (Wildman–Crippen LogP) is 3.03. The second kappa shape index (κ2) is 7.56. The summed E-state index contributed by atoms with van der Waals surface area (Å²) in [4.78, 5) is 11.6. The third-order valence-electron chi connectivity index (χ3n) is 3.72. The lowest BCUT2D eigenvalue weighted by Gasteiger charge is -2.29. The molecule has 2 atom stereocenters. The van der Waals surface area contributed by atoms with Gasteiger partial charge in [-0.05, 0) is 30.6 Å². The van der Waals surface area contributed by atoms with E-state index in [4.69, 9.17) is 5.21 Å². The minimum Gasteiger partial charge on any atom is -0.289 e. The smallest absolute Gasteiger partial charge is 0.247 e. The van der Waals surface area contributed by atoms with Crippen LogP contribution in [0.25, 0.3) is 0 Å². The van der Waals surface area contributed by atoms with Crippen LogP contribution in [0.3, 0.4) is 0 Å². The first-order valence-electron chi connectivity index (χ1n) is 6.90. The SMILES string of the molecule is O=C(NO)[C@@H]1CCCC[C@@H]1SCCc1ccccc1. The van der Waals surface area contributed by atoms with Crippen LogP contribution in [-0.4, -0.2) is 22.1 Å². The zero-order valence-electron chi connectivity index (χ0n) is 11.0. The molecule has 2 rings (SSSR count). The second-order valence-corrected chi connectivity index (χ2v) is 6.36. The van der Waals surface area contributed by atoms with Crippen molar-refractivity contribution in [3.63, 3.8) is 0 Å². The van der Waals surface area contributed by atoms with E-state index in [-0.39, 0.29) is 11.8 Å². The van der Waals surface area contributed by atoms with E-state index in [1.807, 2.05) is 23.3 Å². The number of amides is 1. The van der Waals surface area contributed by atoms with Gasteiger partial charge in [0.05, 0.1) is 5.92 Å². The van der Waals surface area contributed by atoms with Crippen molar-refractivity contribution in [2.45, 2.75) is 37.4 Å². The zero-order valence-corrected chi connectivity index (χ0v) is 11.9. The predicted molar refractivity (Wildman–Crippen MR) is 78.3 cm³/mol. The summed E-state index contributed by atoms with van der Waals surface area (Å²) in [6.07, 6.45) is 5.30. The minimum atomic E-state index is -0.211. The molecule has 0 spiro atoms. The van der Waals surface area contributed by atoms with E-state index in [2.05, 4.69) is 24.3 Å². The number of benzene rings is 1. The van der Waals surface area contributed by atoms with Crippen molar-refractivity contribution in [1.29, 1.82) is 0 Å². The van der Waals surface area contributed by atoms with Gasteiger partial charge in [0.15, 0.2) is 0 Å². The first-order chi connectivity index (χ1) is 9.31. The number of aryl methyl sites for hydroxylation is 1. The summed E-state index contributed by atoms with van der Waals surface area (Å²) in [7, 11) is 0. The molecule has 0 unspecified atom stereocenters. The summed E-state index contributed by atoms with van der Waals surface area (Å²) in [5, 5.41) is 9.15. The Labute approximate surface area is 118 Å². The number of nitrogens with one attached hydrogen (secondary N) is 1. The Balaban J connectivity index is 1.81. The van der Waals surface area contributed by atoms with Gasteiger partial charge in [0, 0.05) is 5.25 Å². The minimum absolute atomic E-state index is 0.0282. The van der Waals surface area contributed by atoms with Crippen LogP contribution in [0.4, 0.5) is 0 Å². The van der Waals surface area contributed by atoms with Gasteiger partial charge in [0.2, 0.25) is 5.91 Å². The zero-order chi connectivity index (χ0) is 13.5. The number of hydroxylamine groups is 1. The van der Waals surface area contributed by atoms with Gasteiger partial charge < -0.3 is 0 Å². The molecule has 19 heavy (non-hydrogen) atoms. The molecule has 104 valence electrons. The highest BCUT2D eigenvalue weighted by molar-refractivity contribution is 7.99. The van der Waals surface area contributed by atoms with Crippen molar-refractivity contribution in [3.8, 4) is 0 Å². The second-order valence-electron chi connectivity index (χ2n) is 5.01. The van der Waals surface area contributed by atoms with Crippen LogP contribution in [0.1, 0.15) is 31.2 Å². The molecule has 0 bridgehead atoms. The monoisotopic (exact) mass is 279 g/mol. The summed E-state index contributed by atoms with van der Waals surface area (Å²) in [6.45, 7) is 0. The summed E-state index contributed by atoms with van der Waals surface area (Å²) in [6, 6.07) is 10.4. The Bertz CT molecular complexity index is 396. The third kappa shape index (κ3) is 4.25. The van der Waals surface area contributed by atoms with E-state index in [9.17, 15) is 4.79 Å². The highest BCUT2D eigenvalue weighted by Gasteiger charge is 2.30. The number of carbonyl (C=O) groups excluding carboxylic acids is 1. The fraction of sp³-hybridized carbons (Fsp3) is 0.533. The van der Waals surface area contributed by atoms with Gasteiger partial charge in [-0.3, -0.25) is 10.0 Å². The van der Waals surface area contributed by atoms with Crippen LogP contribution in [0.2, 0.25) is 0 Å². The van der Waals surface area contributed by atoms with Gasteiger partial charge in [-0.25, -0.2) is 5.48 Å². The first-order valence-corrected chi connectivity index (χ1v) is 7.95. The number of rotatable bonds is 5. The van der Waals surface area contributed by atoms with Gasteiger partial charge in [-0.1, -0.05) is 43.2 Å². The molecule has 1 aromatic rings. The molecule has 0 heterocycles. The molecule has 1 fully saturated rings. The van der Waals surface area contributed by atoms with Crippen molar-refractivity contribution in [2.75, 3.05) is 5.75 Å². The molecule has 0 aliphatic heterocycles. The Morgan fingerprint density at radius 2 is 2.00 bits per heavy atom. The maximum absolute atomic E-state index is 11.6. The Morgan fingerprint density at radius 3 is 2.74 bits per heavy atom. The van der Waals surface area contributed by atoms with Crippen LogP contribution < -0.4 is 5.48 Å². The maximum atomic E-state index is 11.6. The number of hydrogen-bond acceptors (Lipinski definition) is 3. The van der Waals surface area contributed by atoms with Crippen LogP contribution in [0.15, 0.2) is 30.3 Å². The Hall–Kier alpha value is -1.00. The molecule has 0 radical (unpaired) electrons. The highest BCUT2D eigenvalue weighted by Crippen LogP contribution is 2.33. The van der Waals surface area contributed by atoms with Gasteiger partial charge in [0.1, 0.15) is 0 Å². The van der Waals surface area contributed by atoms with Gasteiger partial charge in [-0.15, -0.1) is 0 Å². The lowest BCUT2D eigenvalue weighted by atomic mass is 9.88. The lowest BCUT2D eigenvalue weighted by molar-refractivity contribution is -0.134. The standard InChI is InChI=1S/C15H21NO2S/c17-15(16-18)13-8-4-5-9-14(13)19-11-10-12-6-2-1-3-7-12/h1-3,6-7,13-14,18H,4-5,8-11H2,(H,16,17)/t13-,14+/m1/s1. The highest BCUT2D eigenvalue weighted by atomic mass is 32.2. The molecular formula is C15H21NO2S. The van der Waals surface area contributed by atoms with E-state index in [0.29, 0.717) is 5.25 Å². The fourth-order valence-corrected chi connectivity index (χ4v) is 4.13. The van der Waals surface area contributed by atoms with Crippen LogP contribution in [0.5, 0.6) is 0 Å². The lowest BCUT2D eigenvalue weighted by Crippen LogP contribution is -2.36. The van der Waals surface area contributed by atoms with E-state index in [0.717, 1.165) is 31.4 Å². The molecule has 3 nitrogen and oxygen atoms in total. The average molecular weight is 279 g/mol. The molecule has 1 saturated carbocycles. The van der Waals surface area contributed by atoms with Crippen LogP contribution >= 0.6 is 11.8 Å². The maximum Gasteiger partial charge on any atom is 0.247 e. The van der Waals surface area contributed by atoms with E-state index >= 15 is 0 Å². The number of thioether (sulfide) groups is 1. The van der Waals surface area contributed by atoms with Crippen LogP contribution in [-0.2, 0) is 11.2 Å². The first kappa shape index (κ1) is 14.4. The molecule has 1 aromatic carbocycles. The topological polar surface area (TPSA) is 49.3 Å². The fourth-order valence-electron chi connectivity index (χ4n) is 2.65. The Morgan fingerprint density at radius 1 is 1.26 bits per heavy atom. The van der Waals surface area contributed by atoms with Gasteiger partial charge >= 0.3 is 0 Å². The van der Waals surface area contributed by atoms with E-state index in [1.165, 1.54) is 12.0 Å². The molecule has 0 saturated heterocycles. The number of carbonyl (C=O) groups is 1. The largest absolute Gasteiger partial charge is 0.289 e. The van der Waals surface area contributed by atoms with Crippen molar-refractivity contribution in [1.82, 2.24) is 5.48 Å². The molecule has 0 aromatic heterocycles. The average Bonchev–Trinajstić information content (AvgIpc) is 2.48. The quantitative estimate of drug-likeness (QED) is 0.643. The summed E-state index contributed by atoms with van der Waals surface area (Å²) >= 11 is 1.87.